The molecule has 35 heavy (non-hydrogen) atoms. The maximum Gasteiger partial charge on any atom is 0.341 e. The molecule has 0 unspecified atom stereocenters. The zero-order valence-electron chi connectivity index (χ0n) is 18.7. The maximum atomic E-state index is 12.9. The Kier molecular flexibility index (Phi) is 8.61. The molecule has 12 heteroatoms. The van der Waals surface area contributed by atoms with Crippen LogP contribution in [0.1, 0.15) is 12.5 Å². The highest BCUT2D eigenvalue weighted by Crippen LogP contribution is 2.37. The summed E-state index contributed by atoms with van der Waals surface area (Å²) in [6.45, 7) is 0.927. The first kappa shape index (κ1) is 25.9. The number of halogens is 1. The number of aliphatic carboxylic acids is 1. The average molecular weight is 521 g/mol. The number of nitrogens with zero attached hydrogens (tertiary/aromatic N) is 1. The average Bonchev–Trinajstić information content (AvgIpc) is 3.06. The highest BCUT2D eigenvalue weighted by Gasteiger charge is 2.36. The molecule has 1 aliphatic heterocycles. The van der Waals surface area contributed by atoms with Gasteiger partial charge in [-0.15, -0.1) is 0 Å². The van der Waals surface area contributed by atoms with Gasteiger partial charge in [-0.1, -0.05) is 23.7 Å². The number of thioether (sulfide) groups is 1. The molecular formula is C23H21ClN2O8S. The van der Waals surface area contributed by atoms with Crippen molar-refractivity contribution in [1.82, 2.24) is 4.90 Å². The molecule has 10 nitrogen and oxygen atoms in total. The number of benzene rings is 2. The molecule has 0 atom stereocenters. The molecule has 0 aromatic heterocycles. The molecule has 0 bridgehead atoms. The maximum absolute atomic E-state index is 12.9. The smallest absolute Gasteiger partial charge is 0.341 e. The van der Waals surface area contributed by atoms with Crippen LogP contribution in [0.4, 0.5) is 10.5 Å². The molecule has 3 amide bonds. The van der Waals surface area contributed by atoms with Gasteiger partial charge in [-0.25, -0.2) is 4.79 Å². The van der Waals surface area contributed by atoms with Gasteiger partial charge in [0.15, 0.2) is 18.1 Å². The monoisotopic (exact) mass is 520 g/mol. The minimum atomic E-state index is -1.19. The van der Waals surface area contributed by atoms with E-state index in [1.165, 1.54) is 19.3 Å². The highest BCUT2D eigenvalue weighted by molar-refractivity contribution is 8.18. The summed E-state index contributed by atoms with van der Waals surface area (Å²) in [6, 6.07) is 9.45. The summed E-state index contributed by atoms with van der Waals surface area (Å²) in [4.78, 5) is 49.6. The van der Waals surface area contributed by atoms with Crippen molar-refractivity contribution in [1.29, 1.82) is 0 Å². The Balaban J connectivity index is 1.77. The van der Waals surface area contributed by atoms with Crippen molar-refractivity contribution in [3.63, 3.8) is 0 Å². The normalized spacial score (nSPS) is 14.3. The molecule has 184 valence electrons. The highest BCUT2D eigenvalue weighted by atomic mass is 35.5. The van der Waals surface area contributed by atoms with Crippen LogP contribution < -0.4 is 19.5 Å². The first-order valence-electron chi connectivity index (χ1n) is 10.2. The molecule has 0 radical (unpaired) electrons. The van der Waals surface area contributed by atoms with Gasteiger partial charge in [0.2, 0.25) is 5.91 Å². The van der Waals surface area contributed by atoms with Gasteiger partial charge in [0, 0.05) is 11.3 Å². The number of hydrogen-bond acceptors (Lipinski definition) is 8. The Morgan fingerprint density at radius 1 is 1.17 bits per heavy atom. The fourth-order valence-electron chi connectivity index (χ4n) is 3.07. The van der Waals surface area contributed by atoms with E-state index in [0.717, 1.165) is 4.90 Å². The molecule has 1 saturated heterocycles. The molecular weight excluding hydrogens is 500 g/mol. The number of carboxylic acid groups (broad SMARTS) is 1. The lowest BCUT2D eigenvalue weighted by atomic mass is 10.1. The lowest BCUT2D eigenvalue weighted by molar-refractivity contribution is -0.139. The van der Waals surface area contributed by atoms with Crippen LogP contribution in [0.15, 0.2) is 41.3 Å². The first-order chi connectivity index (χ1) is 16.7. The molecule has 2 aromatic carbocycles. The summed E-state index contributed by atoms with van der Waals surface area (Å²) < 4.78 is 15.9. The quantitative estimate of drug-likeness (QED) is 0.448. The van der Waals surface area contributed by atoms with Crippen molar-refractivity contribution in [2.45, 2.75) is 6.92 Å². The minimum absolute atomic E-state index is 0.0455. The van der Waals surface area contributed by atoms with Gasteiger partial charge in [0.05, 0.1) is 23.6 Å². The molecule has 0 aliphatic carbocycles. The molecule has 1 fully saturated rings. The van der Waals surface area contributed by atoms with Crippen molar-refractivity contribution in [2.75, 3.05) is 32.2 Å². The second-order valence-electron chi connectivity index (χ2n) is 6.96. The molecule has 3 rings (SSSR count). The third-order valence-corrected chi connectivity index (χ3v) is 5.75. The summed E-state index contributed by atoms with van der Waals surface area (Å²) >= 11 is 6.70. The largest absolute Gasteiger partial charge is 0.495 e. The van der Waals surface area contributed by atoms with Crippen molar-refractivity contribution in [3.8, 4) is 17.2 Å². The molecule has 0 saturated carbocycles. The third kappa shape index (κ3) is 6.46. The van der Waals surface area contributed by atoms with Crippen molar-refractivity contribution in [2.24, 2.45) is 0 Å². The van der Waals surface area contributed by atoms with Crippen LogP contribution in [0, 0.1) is 0 Å². The number of rotatable bonds is 10. The van der Waals surface area contributed by atoms with E-state index in [1.54, 1.807) is 37.3 Å². The number of hydrogen-bond donors (Lipinski definition) is 2. The van der Waals surface area contributed by atoms with Gasteiger partial charge in [-0.2, -0.15) is 0 Å². The standard InChI is InChI=1S/C23H21ClN2O8S/c1-3-33-17-6-4-5-13(21(17)34-12-20(28)29)9-18-22(30)26(23(31)35-18)11-19(27)25-14-7-8-16(32-2)15(24)10-14/h4-10H,3,11-12H2,1-2H3,(H,25,27)(H,28,29)/b18-9-. The number of carbonyl (C=O) groups is 4. The Morgan fingerprint density at radius 3 is 2.60 bits per heavy atom. The van der Waals surface area contributed by atoms with Crippen molar-refractivity contribution >= 4 is 58.1 Å². The molecule has 1 aliphatic rings. The van der Waals surface area contributed by atoms with Crippen LogP contribution >= 0.6 is 23.4 Å². The van der Waals surface area contributed by atoms with Gasteiger partial charge in [-0.3, -0.25) is 19.3 Å². The summed E-state index contributed by atoms with van der Waals surface area (Å²) in [5, 5.41) is 11.2. The lowest BCUT2D eigenvalue weighted by Crippen LogP contribution is -2.36. The summed E-state index contributed by atoms with van der Waals surface area (Å²) in [5.74, 6) is -1.61. The van der Waals surface area contributed by atoms with Crippen LogP contribution in [-0.2, 0) is 14.4 Å². The Hall–Kier alpha value is -3.70. The predicted octanol–water partition coefficient (Wildman–Crippen LogP) is 3.89. The molecule has 0 spiro atoms. The number of nitrogens with one attached hydrogen (secondary N) is 1. The Labute approximate surface area is 209 Å². The molecule has 2 aromatic rings. The van der Waals surface area contributed by atoms with E-state index in [0.29, 0.717) is 41.1 Å². The van der Waals surface area contributed by atoms with Gasteiger partial charge < -0.3 is 24.6 Å². The van der Waals surface area contributed by atoms with E-state index in [9.17, 15) is 19.2 Å². The van der Waals surface area contributed by atoms with E-state index in [2.05, 4.69) is 5.32 Å². The van der Waals surface area contributed by atoms with E-state index < -0.39 is 36.2 Å². The van der Waals surface area contributed by atoms with Crippen molar-refractivity contribution < 1.29 is 38.5 Å². The Morgan fingerprint density at radius 2 is 1.94 bits per heavy atom. The number of anilines is 1. The number of amides is 3. The molecule has 2 N–H and O–H groups in total. The first-order valence-corrected chi connectivity index (χ1v) is 11.4. The number of carbonyl (C=O) groups excluding carboxylic acids is 3. The summed E-state index contributed by atoms with van der Waals surface area (Å²) in [7, 11) is 1.46. The fourth-order valence-corrected chi connectivity index (χ4v) is 4.16. The van der Waals surface area contributed by atoms with Crippen LogP contribution in [0.5, 0.6) is 17.2 Å². The Bertz CT molecular complexity index is 1200. The SMILES string of the molecule is CCOc1cccc(/C=C2\SC(=O)N(CC(=O)Nc3ccc(OC)c(Cl)c3)C2=O)c1OCC(=O)O. The van der Waals surface area contributed by atoms with E-state index in [4.69, 9.17) is 30.9 Å². The number of para-hydroxylation sites is 1. The van der Waals surface area contributed by atoms with Gasteiger partial charge >= 0.3 is 5.97 Å². The van der Waals surface area contributed by atoms with E-state index >= 15 is 0 Å². The zero-order valence-corrected chi connectivity index (χ0v) is 20.3. The number of carboxylic acids is 1. The van der Waals surface area contributed by atoms with Crippen LogP contribution in [-0.4, -0.2) is 59.9 Å². The van der Waals surface area contributed by atoms with Crippen LogP contribution in [0.3, 0.4) is 0 Å². The molecule has 1 heterocycles. The number of imide groups is 1. The van der Waals surface area contributed by atoms with Crippen LogP contribution in [0.2, 0.25) is 5.02 Å². The lowest BCUT2D eigenvalue weighted by Gasteiger charge is -2.14. The van der Waals surface area contributed by atoms with Gasteiger partial charge in [0.1, 0.15) is 12.3 Å². The number of methoxy groups -OCH3 is 1. The van der Waals surface area contributed by atoms with E-state index in [-0.39, 0.29) is 15.7 Å². The zero-order chi connectivity index (χ0) is 25.5. The second-order valence-corrected chi connectivity index (χ2v) is 8.36. The number of ether oxygens (including phenoxy) is 3. The minimum Gasteiger partial charge on any atom is -0.495 e. The topological polar surface area (TPSA) is 131 Å². The van der Waals surface area contributed by atoms with Crippen molar-refractivity contribution in [3.05, 3.63) is 51.9 Å². The summed E-state index contributed by atoms with van der Waals surface area (Å²) in [6.07, 6.45) is 1.39. The fraction of sp³-hybridized carbons (Fsp3) is 0.217. The summed E-state index contributed by atoms with van der Waals surface area (Å²) in [5.41, 5.74) is 0.719. The van der Waals surface area contributed by atoms with Gasteiger partial charge in [0.25, 0.3) is 11.1 Å². The second kappa shape index (κ2) is 11.6. The van der Waals surface area contributed by atoms with Gasteiger partial charge in [-0.05, 0) is 49.0 Å². The third-order valence-electron chi connectivity index (χ3n) is 4.55. The van der Waals surface area contributed by atoms with Crippen LogP contribution in [0.25, 0.3) is 6.08 Å². The predicted molar refractivity (Wildman–Crippen MR) is 130 cm³/mol. The van der Waals surface area contributed by atoms with E-state index in [1.807, 2.05) is 0 Å².